The van der Waals surface area contributed by atoms with E-state index in [0.717, 1.165) is 36.3 Å². The molecular weight excluding hydrogens is 342 g/mol. The van der Waals surface area contributed by atoms with Crippen LogP contribution in [0.25, 0.3) is 0 Å². The number of nitrogens with one attached hydrogen (secondary N) is 1. The molecule has 27 heavy (non-hydrogen) atoms. The Hall–Kier alpha value is -2.21. The van der Waals surface area contributed by atoms with E-state index in [0.29, 0.717) is 25.3 Å². The third-order valence-electron chi connectivity index (χ3n) is 5.09. The van der Waals surface area contributed by atoms with Gasteiger partial charge in [0.2, 0.25) is 5.91 Å². The molecule has 0 bridgehead atoms. The standard InChI is InChI=1S/C21H31N3O3/c1-16(25)14-19(23-20(26)15-18-10-6-3-7-11-18)21(27)24(22)13-12-17-8-4-2-5-9-17/h2,4-5,8-9,18-19H,3,6-7,10-15,22H2,1H3,(H,23,26)/t19-/m0/s1. The van der Waals surface area contributed by atoms with Crippen molar-refractivity contribution in [3.8, 4) is 0 Å². The lowest BCUT2D eigenvalue weighted by atomic mass is 9.87. The van der Waals surface area contributed by atoms with E-state index in [9.17, 15) is 14.4 Å². The topological polar surface area (TPSA) is 92.5 Å². The molecule has 6 heteroatoms. The Balaban J connectivity index is 1.89. The summed E-state index contributed by atoms with van der Waals surface area (Å²) < 4.78 is 0. The Labute approximate surface area is 161 Å². The summed E-state index contributed by atoms with van der Waals surface area (Å²) in [4.78, 5) is 36.6. The van der Waals surface area contributed by atoms with Gasteiger partial charge in [0, 0.05) is 19.4 Å². The van der Waals surface area contributed by atoms with Gasteiger partial charge in [0.15, 0.2) is 0 Å². The Morgan fingerprint density at radius 1 is 1.15 bits per heavy atom. The van der Waals surface area contributed by atoms with Crippen molar-refractivity contribution in [3.63, 3.8) is 0 Å². The zero-order valence-corrected chi connectivity index (χ0v) is 16.2. The maximum absolute atomic E-state index is 12.7. The van der Waals surface area contributed by atoms with Crippen LogP contribution in [0.2, 0.25) is 0 Å². The first-order valence-electron chi connectivity index (χ1n) is 9.84. The van der Waals surface area contributed by atoms with Crippen molar-refractivity contribution in [2.24, 2.45) is 11.8 Å². The Morgan fingerprint density at radius 3 is 2.44 bits per heavy atom. The molecule has 6 nitrogen and oxygen atoms in total. The predicted octanol–water partition coefficient (Wildman–Crippen LogP) is 2.37. The predicted molar refractivity (Wildman–Crippen MR) is 104 cm³/mol. The molecule has 1 aromatic carbocycles. The van der Waals surface area contributed by atoms with Gasteiger partial charge in [-0.3, -0.25) is 19.4 Å². The minimum absolute atomic E-state index is 0.0335. The maximum atomic E-state index is 12.7. The molecule has 1 aromatic rings. The van der Waals surface area contributed by atoms with Gasteiger partial charge in [-0.2, -0.15) is 0 Å². The highest BCUT2D eigenvalue weighted by Crippen LogP contribution is 2.26. The average Bonchev–Trinajstić information content (AvgIpc) is 2.66. The van der Waals surface area contributed by atoms with Crippen LogP contribution in [0.4, 0.5) is 0 Å². The number of Topliss-reactive ketones (excluding diaryl/α,β-unsaturated/α-hetero) is 1. The van der Waals surface area contributed by atoms with Gasteiger partial charge in [-0.15, -0.1) is 0 Å². The third-order valence-corrected chi connectivity index (χ3v) is 5.09. The smallest absolute Gasteiger partial charge is 0.259 e. The van der Waals surface area contributed by atoms with Gasteiger partial charge < -0.3 is 5.32 Å². The number of carbonyl (C=O) groups excluding carboxylic acids is 3. The molecule has 0 radical (unpaired) electrons. The summed E-state index contributed by atoms with van der Waals surface area (Å²) in [5.74, 6) is 5.56. The number of benzene rings is 1. The van der Waals surface area contributed by atoms with Crippen LogP contribution in [0.15, 0.2) is 30.3 Å². The molecule has 0 spiro atoms. The molecule has 1 atom stereocenters. The van der Waals surface area contributed by atoms with E-state index in [1.165, 1.54) is 13.3 Å². The lowest BCUT2D eigenvalue weighted by Crippen LogP contribution is -2.52. The molecule has 0 saturated heterocycles. The lowest BCUT2D eigenvalue weighted by molar-refractivity contribution is -0.138. The minimum Gasteiger partial charge on any atom is -0.344 e. The van der Waals surface area contributed by atoms with Crippen LogP contribution < -0.4 is 11.2 Å². The van der Waals surface area contributed by atoms with Crippen molar-refractivity contribution >= 4 is 17.6 Å². The molecule has 3 N–H and O–H groups in total. The summed E-state index contributed by atoms with van der Waals surface area (Å²) in [6, 6.07) is 8.84. The highest BCUT2D eigenvalue weighted by Gasteiger charge is 2.27. The van der Waals surface area contributed by atoms with Gasteiger partial charge in [0.05, 0.1) is 0 Å². The summed E-state index contributed by atoms with van der Waals surface area (Å²) in [6.07, 6.45) is 6.65. The molecule has 1 saturated carbocycles. The van der Waals surface area contributed by atoms with Crippen LogP contribution in [0.1, 0.15) is 57.4 Å². The number of nitrogens with zero attached hydrogens (tertiary/aromatic N) is 1. The zero-order valence-electron chi connectivity index (χ0n) is 16.2. The van der Waals surface area contributed by atoms with Crippen molar-refractivity contribution in [3.05, 3.63) is 35.9 Å². The number of carbonyl (C=O) groups is 3. The van der Waals surface area contributed by atoms with Crippen LogP contribution in [0, 0.1) is 5.92 Å². The summed E-state index contributed by atoms with van der Waals surface area (Å²) in [5.41, 5.74) is 1.07. The van der Waals surface area contributed by atoms with Gasteiger partial charge in [-0.1, -0.05) is 49.6 Å². The molecule has 0 heterocycles. The Bertz CT molecular complexity index is 627. The molecule has 0 aliphatic heterocycles. The number of rotatable bonds is 9. The van der Waals surface area contributed by atoms with Gasteiger partial charge in [0.25, 0.3) is 5.91 Å². The van der Waals surface area contributed by atoms with Crippen molar-refractivity contribution in [1.29, 1.82) is 0 Å². The van der Waals surface area contributed by atoms with E-state index in [1.54, 1.807) is 0 Å². The second-order valence-corrected chi connectivity index (χ2v) is 7.50. The molecule has 1 aliphatic rings. The SMILES string of the molecule is CC(=O)C[C@H](NC(=O)CC1CCCCC1)C(=O)N(N)CCc1ccccc1. The highest BCUT2D eigenvalue weighted by atomic mass is 16.2. The number of amides is 2. The van der Waals surface area contributed by atoms with Gasteiger partial charge in [-0.05, 0) is 37.7 Å². The van der Waals surface area contributed by atoms with Crippen LogP contribution >= 0.6 is 0 Å². The quantitative estimate of drug-likeness (QED) is 0.395. The molecule has 148 valence electrons. The van der Waals surface area contributed by atoms with Crippen LogP contribution in [0.5, 0.6) is 0 Å². The summed E-state index contributed by atoms with van der Waals surface area (Å²) in [7, 11) is 0. The van der Waals surface area contributed by atoms with Gasteiger partial charge in [-0.25, -0.2) is 5.84 Å². The first kappa shape index (κ1) is 21.1. The fourth-order valence-corrected chi connectivity index (χ4v) is 3.60. The number of nitrogens with two attached hydrogens (primary N) is 1. The molecular formula is C21H31N3O3. The Morgan fingerprint density at radius 2 is 1.81 bits per heavy atom. The van der Waals surface area contributed by atoms with Crippen molar-refractivity contribution < 1.29 is 14.4 Å². The van der Waals surface area contributed by atoms with Crippen LogP contribution in [-0.2, 0) is 20.8 Å². The van der Waals surface area contributed by atoms with E-state index in [1.807, 2.05) is 30.3 Å². The molecule has 2 rings (SSSR count). The first-order chi connectivity index (χ1) is 13.0. The molecule has 1 fully saturated rings. The molecule has 0 unspecified atom stereocenters. The Kier molecular flexibility index (Phi) is 8.45. The van der Waals surface area contributed by atoms with Crippen molar-refractivity contribution in [2.45, 2.75) is 64.3 Å². The number of ketones is 1. The van der Waals surface area contributed by atoms with Crippen molar-refractivity contribution in [2.75, 3.05) is 6.54 Å². The summed E-state index contributed by atoms with van der Waals surface area (Å²) in [6.45, 7) is 1.74. The van der Waals surface area contributed by atoms with E-state index in [2.05, 4.69) is 5.32 Å². The monoisotopic (exact) mass is 373 g/mol. The first-order valence-corrected chi connectivity index (χ1v) is 9.84. The van der Waals surface area contributed by atoms with E-state index >= 15 is 0 Å². The highest BCUT2D eigenvalue weighted by molar-refractivity contribution is 5.91. The van der Waals surface area contributed by atoms with Crippen LogP contribution in [-0.4, -0.2) is 35.2 Å². The fraction of sp³-hybridized carbons (Fsp3) is 0.571. The normalized spacial score (nSPS) is 15.8. The largest absolute Gasteiger partial charge is 0.344 e. The molecule has 0 aromatic heterocycles. The second-order valence-electron chi connectivity index (χ2n) is 7.50. The fourth-order valence-electron chi connectivity index (χ4n) is 3.60. The second kappa shape index (κ2) is 10.8. The van der Waals surface area contributed by atoms with Crippen molar-refractivity contribution in [1.82, 2.24) is 10.3 Å². The third kappa shape index (κ3) is 7.51. The van der Waals surface area contributed by atoms with Gasteiger partial charge >= 0.3 is 0 Å². The number of hydrogen-bond acceptors (Lipinski definition) is 4. The lowest BCUT2D eigenvalue weighted by Gasteiger charge is -2.25. The maximum Gasteiger partial charge on any atom is 0.259 e. The van der Waals surface area contributed by atoms with E-state index in [4.69, 9.17) is 5.84 Å². The summed E-state index contributed by atoms with van der Waals surface area (Å²) in [5, 5.41) is 3.86. The van der Waals surface area contributed by atoms with E-state index in [-0.39, 0.29) is 18.1 Å². The molecule has 2 amide bonds. The summed E-state index contributed by atoms with van der Waals surface area (Å²) >= 11 is 0. The van der Waals surface area contributed by atoms with E-state index < -0.39 is 11.9 Å². The minimum atomic E-state index is -0.889. The number of hydrogen-bond donors (Lipinski definition) is 2. The van der Waals surface area contributed by atoms with Gasteiger partial charge in [0.1, 0.15) is 11.8 Å². The molecule has 1 aliphatic carbocycles. The van der Waals surface area contributed by atoms with Crippen LogP contribution in [0.3, 0.4) is 0 Å². The number of hydrazine groups is 1. The average molecular weight is 373 g/mol. The zero-order chi connectivity index (χ0) is 19.6.